The first-order valence-corrected chi connectivity index (χ1v) is 9.79. The van der Waals surface area contributed by atoms with Gasteiger partial charge in [0.05, 0.1) is 0 Å². The molecule has 1 aliphatic heterocycles. The highest BCUT2D eigenvalue weighted by atomic mass is 16.2. The highest BCUT2D eigenvalue weighted by Gasteiger charge is 2.29. The summed E-state index contributed by atoms with van der Waals surface area (Å²) in [6.07, 6.45) is 6.17. The number of rotatable bonds is 3. The SMILES string of the molecule is CCc1cc(C(=O)N2CCN([C@@H]3CCc4ccccc4C3)CC2)ccn1. The maximum Gasteiger partial charge on any atom is 0.254 e. The number of hydrogen-bond donors (Lipinski definition) is 0. The molecule has 4 rings (SSSR count). The van der Waals surface area contributed by atoms with Gasteiger partial charge in [-0.05, 0) is 48.9 Å². The fourth-order valence-electron chi connectivity index (χ4n) is 4.27. The molecule has 1 saturated heterocycles. The molecule has 0 saturated carbocycles. The van der Waals surface area contributed by atoms with Crippen molar-refractivity contribution in [2.75, 3.05) is 26.2 Å². The molecule has 1 fully saturated rings. The second kappa shape index (κ2) is 7.58. The number of fused-ring (bicyclic) bond motifs is 1. The number of benzene rings is 1. The monoisotopic (exact) mass is 349 g/mol. The lowest BCUT2D eigenvalue weighted by Gasteiger charge is -2.41. The van der Waals surface area contributed by atoms with Crippen LogP contribution in [0.25, 0.3) is 0 Å². The summed E-state index contributed by atoms with van der Waals surface area (Å²) in [6, 6.07) is 13.2. The van der Waals surface area contributed by atoms with E-state index in [4.69, 9.17) is 0 Å². The Bertz CT molecular complexity index is 780. The minimum atomic E-state index is 0.149. The molecule has 1 aromatic carbocycles. The summed E-state index contributed by atoms with van der Waals surface area (Å²) in [7, 11) is 0. The zero-order chi connectivity index (χ0) is 17.9. The van der Waals surface area contributed by atoms with Crippen LogP contribution in [0.15, 0.2) is 42.6 Å². The molecule has 1 aliphatic carbocycles. The zero-order valence-electron chi connectivity index (χ0n) is 15.5. The molecule has 2 aromatic rings. The van der Waals surface area contributed by atoms with Gasteiger partial charge in [0.1, 0.15) is 0 Å². The fourth-order valence-corrected chi connectivity index (χ4v) is 4.27. The van der Waals surface area contributed by atoms with Crippen LogP contribution in [-0.2, 0) is 19.3 Å². The minimum absolute atomic E-state index is 0.149. The summed E-state index contributed by atoms with van der Waals surface area (Å²) in [6.45, 7) is 5.66. The fraction of sp³-hybridized carbons (Fsp3) is 0.455. The molecule has 4 heteroatoms. The van der Waals surface area contributed by atoms with Gasteiger partial charge in [-0.25, -0.2) is 0 Å². The predicted octanol–water partition coefficient (Wildman–Crippen LogP) is 2.96. The first kappa shape index (κ1) is 17.2. The van der Waals surface area contributed by atoms with E-state index in [1.54, 1.807) is 6.20 Å². The molecule has 136 valence electrons. The van der Waals surface area contributed by atoms with Crippen molar-refractivity contribution in [1.29, 1.82) is 0 Å². The molecule has 0 N–H and O–H groups in total. The topological polar surface area (TPSA) is 36.4 Å². The van der Waals surface area contributed by atoms with Crippen LogP contribution < -0.4 is 0 Å². The molecule has 2 heterocycles. The standard InChI is InChI=1S/C22H27N3O/c1-2-20-15-19(9-10-23-20)22(26)25-13-11-24(12-14-25)21-8-7-17-5-3-4-6-18(17)16-21/h3-6,9-10,15,21H,2,7-8,11-14,16H2,1H3/t21-/m1/s1. The summed E-state index contributed by atoms with van der Waals surface area (Å²) in [4.78, 5) is 21.7. The Hall–Kier alpha value is -2.20. The first-order valence-electron chi connectivity index (χ1n) is 9.79. The van der Waals surface area contributed by atoms with Gasteiger partial charge in [0.2, 0.25) is 0 Å². The van der Waals surface area contributed by atoms with Crippen molar-refractivity contribution in [3.05, 3.63) is 65.0 Å². The second-order valence-electron chi connectivity index (χ2n) is 7.38. The Kier molecular flexibility index (Phi) is 5.02. The van der Waals surface area contributed by atoms with Gasteiger partial charge in [0.25, 0.3) is 5.91 Å². The van der Waals surface area contributed by atoms with Crippen molar-refractivity contribution in [3.8, 4) is 0 Å². The van der Waals surface area contributed by atoms with Gasteiger partial charge in [0, 0.05) is 49.7 Å². The third kappa shape index (κ3) is 3.51. The maximum absolute atomic E-state index is 12.8. The molecule has 0 spiro atoms. The van der Waals surface area contributed by atoms with E-state index in [2.05, 4.69) is 41.1 Å². The van der Waals surface area contributed by atoms with Crippen LogP contribution in [-0.4, -0.2) is 52.9 Å². The van der Waals surface area contributed by atoms with Gasteiger partial charge < -0.3 is 4.90 Å². The second-order valence-corrected chi connectivity index (χ2v) is 7.38. The number of carbonyl (C=O) groups excluding carboxylic acids is 1. The van der Waals surface area contributed by atoms with Crippen molar-refractivity contribution >= 4 is 5.91 Å². The quantitative estimate of drug-likeness (QED) is 0.855. The molecule has 0 bridgehead atoms. The van der Waals surface area contributed by atoms with Crippen LogP contribution in [0.3, 0.4) is 0 Å². The van der Waals surface area contributed by atoms with Crippen LogP contribution >= 0.6 is 0 Å². The third-order valence-electron chi connectivity index (χ3n) is 5.86. The van der Waals surface area contributed by atoms with E-state index in [0.29, 0.717) is 6.04 Å². The number of pyridine rings is 1. The van der Waals surface area contributed by atoms with Gasteiger partial charge in [-0.2, -0.15) is 0 Å². The normalized spacial score (nSPS) is 20.7. The maximum atomic E-state index is 12.8. The summed E-state index contributed by atoms with van der Waals surface area (Å²) in [5, 5.41) is 0. The average Bonchev–Trinajstić information content (AvgIpc) is 2.73. The van der Waals surface area contributed by atoms with Crippen LogP contribution in [0.1, 0.15) is 40.5 Å². The number of nitrogens with zero attached hydrogens (tertiary/aromatic N) is 3. The van der Waals surface area contributed by atoms with Gasteiger partial charge >= 0.3 is 0 Å². The van der Waals surface area contributed by atoms with E-state index in [1.807, 2.05) is 17.0 Å². The average molecular weight is 349 g/mol. The first-order chi connectivity index (χ1) is 12.7. The Labute approximate surface area is 155 Å². The number of hydrogen-bond acceptors (Lipinski definition) is 3. The van der Waals surface area contributed by atoms with Crippen molar-refractivity contribution in [3.63, 3.8) is 0 Å². The molecular weight excluding hydrogens is 322 g/mol. The van der Waals surface area contributed by atoms with Crippen molar-refractivity contribution in [2.24, 2.45) is 0 Å². The Balaban J connectivity index is 1.36. The molecule has 2 aliphatic rings. The zero-order valence-corrected chi connectivity index (χ0v) is 15.5. The third-order valence-corrected chi connectivity index (χ3v) is 5.86. The van der Waals surface area contributed by atoms with E-state index in [-0.39, 0.29) is 5.91 Å². The van der Waals surface area contributed by atoms with Crippen LogP contribution in [0.4, 0.5) is 0 Å². The number of aryl methyl sites for hydroxylation is 2. The molecule has 0 radical (unpaired) electrons. The van der Waals surface area contributed by atoms with E-state index >= 15 is 0 Å². The smallest absolute Gasteiger partial charge is 0.254 e. The molecule has 0 unspecified atom stereocenters. The van der Waals surface area contributed by atoms with Gasteiger partial charge in [-0.15, -0.1) is 0 Å². The summed E-state index contributed by atoms with van der Waals surface area (Å²) in [5.74, 6) is 0.149. The van der Waals surface area contributed by atoms with E-state index in [1.165, 1.54) is 24.0 Å². The molecule has 26 heavy (non-hydrogen) atoms. The Morgan fingerprint density at radius 1 is 1.12 bits per heavy atom. The lowest BCUT2D eigenvalue weighted by Crippen LogP contribution is -2.53. The largest absolute Gasteiger partial charge is 0.336 e. The van der Waals surface area contributed by atoms with E-state index in [0.717, 1.165) is 50.3 Å². The van der Waals surface area contributed by atoms with Crippen LogP contribution in [0.2, 0.25) is 0 Å². The number of piperazine rings is 1. The van der Waals surface area contributed by atoms with Gasteiger partial charge in [-0.3, -0.25) is 14.7 Å². The lowest BCUT2D eigenvalue weighted by atomic mass is 9.87. The predicted molar refractivity (Wildman–Crippen MR) is 103 cm³/mol. The van der Waals surface area contributed by atoms with Crippen molar-refractivity contribution in [2.45, 2.75) is 38.6 Å². The minimum Gasteiger partial charge on any atom is -0.336 e. The number of aromatic nitrogens is 1. The van der Waals surface area contributed by atoms with Crippen molar-refractivity contribution < 1.29 is 4.79 Å². The number of carbonyl (C=O) groups is 1. The molecule has 1 amide bonds. The lowest BCUT2D eigenvalue weighted by molar-refractivity contribution is 0.0553. The highest BCUT2D eigenvalue weighted by molar-refractivity contribution is 5.94. The molecule has 1 aromatic heterocycles. The Morgan fingerprint density at radius 2 is 1.88 bits per heavy atom. The summed E-state index contributed by atoms with van der Waals surface area (Å²) >= 11 is 0. The van der Waals surface area contributed by atoms with Gasteiger partial charge in [0.15, 0.2) is 0 Å². The van der Waals surface area contributed by atoms with Crippen molar-refractivity contribution in [1.82, 2.24) is 14.8 Å². The van der Waals surface area contributed by atoms with E-state index < -0.39 is 0 Å². The van der Waals surface area contributed by atoms with Crippen LogP contribution in [0.5, 0.6) is 0 Å². The molecule has 4 nitrogen and oxygen atoms in total. The molecule has 1 atom stereocenters. The van der Waals surface area contributed by atoms with Crippen LogP contribution in [0, 0.1) is 0 Å². The van der Waals surface area contributed by atoms with E-state index in [9.17, 15) is 4.79 Å². The molecular formula is C22H27N3O. The summed E-state index contributed by atoms with van der Waals surface area (Å²) in [5.41, 5.74) is 4.78. The van der Waals surface area contributed by atoms with Gasteiger partial charge in [-0.1, -0.05) is 31.2 Å². The summed E-state index contributed by atoms with van der Waals surface area (Å²) < 4.78 is 0. The highest BCUT2D eigenvalue weighted by Crippen LogP contribution is 2.25. The number of amides is 1. The Morgan fingerprint density at radius 3 is 2.65 bits per heavy atom.